The number of hydrogen-bond acceptors (Lipinski definition) is 4. The standard InChI is InChI=1S/C11H13F2N3O2/c12-8-5-7(14)6-9(13)10(8)18-11(17)16-3-1-15-2-4-16/h5-6,15H,1-4,14H2. The largest absolute Gasteiger partial charge is 0.415 e. The van der Waals surface area contributed by atoms with Crippen molar-refractivity contribution in [2.75, 3.05) is 31.9 Å². The van der Waals surface area contributed by atoms with Crippen molar-refractivity contribution in [3.8, 4) is 5.75 Å². The molecule has 3 N–H and O–H groups in total. The van der Waals surface area contributed by atoms with E-state index in [4.69, 9.17) is 10.5 Å². The van der Waals surface area contributed by atoms with E-state index in [1.54, 1.807) is 0 Å². The number of ether oxygens (including phenoxy) is 1. The van der Waals surface area contributed by atoms with Gasteiger partial charge in [0.15, 0.2) is 11.6 Å². The molecule has 2 rings (SSSR count). The molecule has 1 aromatic carbocycles. The van der Waals surface area contributed by atoms with Crippen LogP contribution in [0.5, 0.6) is 5.75 Å². The molecule has 1 fully saturated rings. The van der Waals surface area contributed by atoms with E-state index in [0.717, 1.165) is 12.1 Å². The van der Waals surface area contributed by atoms with Crippen LogP contribution in [-0.4, -0.2) is 37.2 Å². The van der Waals surface area contributed by atoms with Crippen LogP contribution in [0.1, 0.15) is 0 Å². The van der Waals surface area contributed by atoms with E-state index >= 15 is 0 Å². The maximum Gasteiger partial charge on any atom is 0.415 e. The lowest BCUT2D eigenvalue weighted by molar-refractivity contribution is 0.142. The highest BCUT2D eigenvalue weighted by Gasteiger charge is 2.22. The van der Waals surface area contributed by atoms with Gasteiger partial charge in [-0.3, -0.25) is 0 Å². The maximum atomic E-state index is 13.4. The van der Waals surface area contributed by atoms with E-state index in [2.05, 4.69) is 5.32 Å². The quantitative estimate of drug-likeness (QED) is 0.735. The molecule has 0 spiro atoms. The van der Waals surface area contributed by atoms with Crippen LogP contribution in [0, 0.1) is 11.6 Å². The molecule has 1 saturated heterocycles. The number of piperazine rings is 1. The molecule has 0 aromatic heterocycles. The van der Waals surface area contributed by atoms with Crippen LogP contribution in [0.4, 0.5) is 19.3 Å². The molecule has 1 amide bonds. The van der Waals surface area contributed by atoms with Crippen LogP contribution in [0.2, 0.25) is 0 Å². The number of carbonyl (C=O) groups excluding carboxylic acids is 1. The molecule has 0 radical (unpaired) electrons. The molecule has 7 heteroatoms. The summed E-state index contributed by atoms with van der Waals surface area (Å²) in [5.74, 6) is -2.69. The molecule has 18 heavy (non-hydrogen) atoms. The highest BCUT2D eigenvalue weighted by atomic mass is 19.1. The highest BCUT2D eigenvalue weighted by molar-refractivity contribution is 5.71. The van der Waals surface area contributed by atoms with E-state index in [9.17, 15) is 13.6 Å². The van der Waals surface area contributed by atoms with Gasteiger partial charge in [-0.2, -0.15) is 0 Å². The van der Waals surface area contributed by atoms with Crippen LogP contribution >= 0.6 is 0 Å². The summed E-state index contributed by atoms with van der Waals surface area (Å²) in [6, 6.07) is 1.81. The summed E-state index contributed by atoms with van der Waals surface area (Å²) in [7, 11) is 0. The Kier molecular flexibility index (Phi) is 3.61. The average Bonchev–Trinajstić information content (AvgIpc) is 2.34. The number of amides is 1. The molecule has 1 heterocycles. The third kappa shape index (κ3) is 2.67. The van der Waals surface area contributed by atoms with Gasteiger partial charge in [-0.15, -0.1) is 0 Å². The summed E-state index contributed by atoms with van der Waals surface area (Å²) < 4.78 is 31.5. The molecular weight excluding hydrogens is 244 g/mol. The summed E-state index contributed by atoms with van der Waals surface area (Å²) >= 11 is 0. The fraction of sp³-hybridized carbons (Fsp3) is 0.364. The zero-order valence-corrected chi connectivity index (χ0v) is 9.58. The van der Waals surface area contributed by atoms with Gasteiger partial charge < -0.3 is 20.7 Å². The van der Waals surface area contributed by atoms with Gasteiger partial charge in [-0.1, -0.05) is 0 Å². The van der Waals surface area contributed by atoms with Crippen molar-refractivity contribution < 1.29 is 18.3 Å². The maximum absolute atomic E-state index is 13.4. The average molecular weight is 257 g/mol. The lowest BCUT2D eigenvalue weighted by atomic mass is 10.3. The summed E-state index contributed by atoms with van der Waals surface area (Å²) in [4.78, 5) is 13.0. The second kappa shape index (κ2) is 5.18. The first-order chi connectivity index (χ1) is 8.58. The number of nitrogen functional groups attached to an aromatic ring is 1. The summed E-state index contributed by atoms with van der Waals surface area (Å²) in [5, 5.41) is 3.05. The van der Waals surface area contributed by atoms with Crippen LogP contribution < -0.4 is 15.8 Å². The smallest absolute Gasteiger partial charge is 0.404 e. The number of carbonyl (C=O) groups is 1. The molecule has 1 aromatic rings. The second-order valence-electron chi connectivity index (χ2n) is 3.92. The number of nitrogens with one attached hydrogen (secondary N) is 1. The molecular formula is C11H13F2N3O2. The Morgan fingerprint density at radius 2 is 1.83 bits per heavy atom. The van der Waals surface area contributed by atoms with Gasteiger partial charge in [0.2, 0.25) is 5.75 Å². The van der Waals surface area contributed by atoms with Gasteiger partial charge in [0.25, 0.3) is 0 Å². The third-order valence-corrected chi connectivity index (χ3v) is 2.59. The highest BCUT2D eigenvalue weighted by Crippen LogP contribution is 2.24. The Morgan fingerprint density at radius 3 is 2.39 bits per heavy atom. The van der Waals surface area contributed by atoms with Gasteiger partial charge >= 0.3 is 6.09 Å². The number of rotatable bonds is 1. The molecule has 98 valence electrons. The number of benzene rings is 1. The van der Waals surface area contributed by atoms with Crippen molar-refractivity contribution in [3.63, 3.8) is 0 Å². The Morgan fingerprint density at radius 1 is 1.28 bits per heavy atom. The predicted molar refractivity (Wildman–Crippen MR) is 61.2 cm³/mol. The summed E-state index contributed by atoms with van der Waals surface area (Å²) in [6.45, 7) is 2.14. The fourth-order valence-corrected chi connectivity index (χ4v) is 1.68. The van der Waals surface area contributed by atoms with Crippen molar-refractivity contribution in [2.24, 2.45) is 0 Å². The minimum absolute atomic E-state index is 0.0630. The van der Waals surface area contributed by atoms with Crippen LogP contribution in [0.25, 0.3) is 0 Å². The van der Waals surface area contributed by atoms with Crippen LogP contribution in [0.15, 0.2) is 12.1 Å². The number of nitrogens with two attached hydrogens (primary N) is 1. The molecule has 1 aliphatic rings. The van der Waals surface area contributed by atoms with Crippen LogP contribution in [0.3, 0.4) is 0 Å². The van der Waals surface area contributed by atoms with E-state index in [1.807, 2.05) is 0 Å². The van der Waals surface area contributed by atoms with E-state index in [1.165, 1.54) is 4.90 Å². The zero-order chi connectivity index (χ0) is 13.1. The van der Waals surface area contributed by atoms with E-state index in [0.29, 0.717) is 26.2 Å². The lowest BCUT2D eigenvalue weighted by Crippen LogP contribution is -2.47. The minimum Gasteiger partial charge on any atom is -0.404 e. The number of anilines is 1. The number of hydrogen-bond donors (Lipinski definition) is 2. The van der Waals surface area contributed by atoms with Gasteiger partial charge in [0.05, 0.1) is 0 Å². The first-order valence-electron chi connectivity index (χ1n) is 5.50. The normalized spacial score (nSPS) is 15.6. The van der Waals surface area contributed by atoms with E-state index in [-0.39, 0.29) is 5.69 Å². The Labute approximate surface area is 103 Å². The van der Waals surface area contributed by atoms with Gasteiger partial charge in [0, 0.05) is 44.0 Å². The Bertz CT molecular complexity index is 439. The predicted octanol–water partition coefficient (Wildman–Crippen LogP) is 0.951. The SMILES string of the molecule is Nc1cc(F)c(OC(=O)N2CCNCC2)c(F)c1. The second-order valence-corrected chi connectivity index (χ2v) is 3.92. The Hall–Kier alpha value is -1.89. The monoisotopic (exact) mass is 257 g/mol. The third-order valence-electron chi connectivity index (χ3n) is 2.59. The van der Waals surface area contributed by atoms with Gasteiger partial charge in [-0.05, 0) is 0 Å². The Balaban J connectivity index is 2.11. The van der Waals surface area contributed by atoms with Crippen molar-refractivity contribution in [1.82, 2.24) is 10.2 Å². The summed E-state index contributed by atoms with van der Waals surface area (Å²) in [6.07, 6.45) is -0.765. The summed E-state index contributed by atoms with van der Waals surface area (Å²) in [5.41, 5.74) is 5.20. The minimum atomic E-state index is -0.990. The first-order valence-corrected chi connectivity index (χ1v) is 5.50. The van der Waals surface area contributed by atoms with Gasteiger partial charge in [-0.25, -0.2) is 13.6 Å². The number of halogens is 2. The fourth-order valence-electron chi connectivity index (χ4n) is 1.68. The lowest BCUT2D eigenvalue weighted by Gasteiger charge is -2.26. The molecule has 0 atom stereocenters. The molecule has 1 aliphatic heterocycles. The van der Waals surface area contributed by atoms with Crippen molar-refractivity contribution in [3.05, 3.63) is 23.8 Å². The molecule has 0 unspecified atom stereocenters. The number of nitrogens with zero attached hydrogens (tertiary/aromatic N) is 1. The molecule has 0 bridgehead atoms. The molecule has 5 nitrogen and oxygen atoms in total. The molecule has 0 aliphatic carbocycles. The van der Waals surface area contributed by atoms with Crippen LogP contribution in [-0.2, 0) is 0 Å². The van der Waals surface area contributed by atoms with Crippen molar-refractivity contribution in [1.29, 1.82) is 0 Å². The molecule has 0 saturated carbocycles. The van der Waals surface area contributed by atoms with E-state index < -0.39 is 23.5 Å². The van der Waals surface area contributed by atoms with Crippen molar-refractivity contribution >= 4 is 11.8 Å². The topological polar surface area (TPSA) is 67.6 Å². The van der Waals surface area contributed by atoms with Crippen molar-refractivity contribution in [2.45, 2.75) is 0 Å². The van der Waals surface area contributed by atoms with Gasteiger partial charge in [0.1, 0.15) is 0 Å². The first kappa shape index (κ1) is 12.6. The zero-order valence-electron chi connectivity index (χ0n) is 9.58.